The highest BCUT2D eigenvalue weighted by Gasteiger charge is 2.43. The molecule has 0 heterocycles. The Balaban J connectivity index is 5.12. The normalized spacial score (nSPS) is 15.0. The molecule has 0 fully saturated rings. The number of carbonyl (C=O) groups is 2. The van der Waals surface area contributed by atoms with E-state index in [2.05, 4.69) is 20.8 Å². The third-order valence-electron chi connectivity index (χ3n) is 4.29. The van der Waals surface area contributed by atoms with Gasteiger partial charge in [-0.05, 0) is 24.6 Å². The molecule has 0 bridgehead atoms. The molecular formula is C15H30O4Si. The van der Waals surface area contributed by atoms with E-state index < -0.39 is 25.8 Å². The summed E-state index contributed by atoms with van der Waals surface area (Å²) in [6.45, 7) is 15.7. The van der Waals surface area contributed by atoms with Gasteiger partial charge < -0.3 is 9.53 Å². The van der Waals surface area contributed by atoms with Crippen LogP contribution in [0.5, 0.6) is 0 Å². The number of hydrogen-bond donors (Lipinski definition) is 1. The Morgan fingerprint density at radius 2 is 1.60 bits per heavy atom. The molecule has 1 N–H and O–H groups in total. The van der Waals surface area contributed by atoms with Crippen molar-refractivity contribution >= 4 is 20.1 Å². The average Bonchev–Trinajstić information content (AvgIpc) is 2.24. The van der Waals surface area contributed by atoms with Crippen LogP contribution >= 0.6 is 0 Å². The second kappa shape index (κ2) is 6.39. The first-order valence-electron chi connectivity index (χ1n) is 7.18. The summed E-state index contributed by atoms with van der Waals surface area (Å²) in [5, 5.41) is 9.35. The van der Waals surface area contributed by atoms with E-state index in [1.165, 1.54) is 0 Å². The van der Waals surface area contributed by atoms with Crippen LogP contribution in [-0.2, 0) is 14.0 Å². The summed E-state index contributed by atoms with van der Waals surface area (Å²) in [6, 6.07) is 0. The number of aliphatic carboxylic acids is 1. The van der Waals surface area contributed by atoms with Gasteiger partial charge in [0.15, 0.2) is 8.32 Å². The monoisotopic (exact) mass is 302 g/mol. The minimum atomic E-state index is -2.17. The van der Waals surface area contributed by atoms with E-state index in [1.54, 1.807) is 20.8 Å². The van der Waals surface area contributed by atoms with Crippen LogP contribution in [0.25, 0.3) is 0 Å². The molecule has 0 spiro atoms. The van der Waals surface area contributed by atoms with Crippen LogP contribution in [0.1, 0.15) is 54.4 Å². The standard InChI is InChI=1S/C15H30O4Si/c1-9-12(16)15(5,6)10-11(13(17)18)19-20(7,8)14(2,3)4/h11H,9-10H2,1-8H3,(H,17,18). The molecule has 0 amide bonds. The van der Waals surface area contributed by atoms with Crippen molar-refractivity contribution in [2.24, 2.45) is 5.41 Å². The Morgan fingerprint density at radius 3 is 1.90 bits per heavy atom. The molecule has 118 valence electrons. The van der Waals surface area contributed by atoms with Crippen LogP contribution < -0.4 is 0 Å². The highest BCUT2D eigenvalue weighted by molar-refractivity contribution is 6.74. The largest absolute Gasteiger partial charge is 0.479 e. The van der Waals surface area contributed by atoms with Gasteiger partial charge in [-0.15, -0.1) is 0 Å². The van der Waals surface area contributed by atoms with Crippen molar-refractivity contribution in [3.8, 4) is 0 Å². The first kappa shape index (κ1) is 19.3. The summed E-state index contributed by atoms with van der Waals surface area (Å²) >= 11 is 0. The summed E-state index contributed by atoms with van der Waals surface area (Å²) in [5.74, 6) is -0.908. The maximum atomic E-state index is 11.9. The van der Waals surface area contributed by atoms with Crippen molar-refractivity contribution in [3.63, 3.8) is 0 Å². The minimum Gasteiger partial charge on any atom is -0.479 e. The second-order valence-corrected chi connectivity index (χ2v) is 12.3. The lowest BCUT2D eigenvalue weighted by Crippen LogP contribution is -2.47. The Kier molecular flexibility index (Phi) is 6.17. The van der Waals surface area contributed by atoms with Gasteiger partial charge in [0.05, 0.1) is 0 Å². The topological polar surface area (TPSA) is 63.6 Å². The Morgan fingerprint density at radius 1 is 1.15 bits per heavy atom. The molecule has 0 aliphatic carbocycles. The zero-order valence-corrected chi connectivity index (χ0v) is 15.2. The maximum absolute atomic E-state index is 11.9. The van der Waals surface area contributed by atoms with Crippen molar-refractivity contribution in [2.45, 2.75) is 78.6 Å². The zero-order valence-electron chi connectivity index (χ0n) is 14.2. The average molecular weight is 302 g/mol. The van der Waals surface area contributed by atoms with Crippen LogP contribution in [0.15, 0.2) is 0 Å². The summed E-state index contributed by atoms with van der Waals surface area (Å²) in [5.41, 5.74) is -0.666. The highest BCUT2D eigenvalue weighted by atomic mass is 28.4. The maximum Gasteiger partial charge on any atom is 0.331 e. The van der Waals surface area contributed by atoms with Crippen molar-refractivity contribution in [1.82, 2.24) is 0 Å². The molecule has 0 rings (SSSR count). The quantitative estimate of drug-likeness (QED) is 0.725. The molecule has 1 unspecified atom stereocenters. The van der Waals surface area contributed by atoms with Crippen LogP contribution in [0.2, 0.25) is 18.1 Å². The molecule has 0 aromatic rings. The third kappa shape index (κ3) is 5.02. The number of carboxylic acids is 1. The summed E-state index contributed by atoms with van der Waals surface area (Å²) in [4.78, 5) is 23.4. The smallest absolute Gasteiger partial charge is 0.331 e. The lowest BCUT2D eigenvalue weighted by molar-refractivity contribution is -0.148. The number of Topliss-reactive ketones (excluding diaryl/α,β-unsaturated/α-hetero) is 1. The summed E-state index contributed by atoms with van der Waals surface area (Å²) in [6.07, 6.45) is -0.276. The Labute approximate surface area is 124 Å². The van der Waals surface area contributed by atoms with E-state index in [0.29, 0.717) is 6.42 Å². The fourth-order valence-electron chi connectivity index (χ4n) is 1.77. The minimum absolute atomic E-state index is 0.0559. The lowest BCUT2D eigenvalue weighted by Gasteiger charge is -2.39. The highest BCUT2D eigenvalue weighted by Crippen LogP contribution is 2.39. The van der Waals surface area contributed by atoms with E-state index in [9.17, 15) is 14.7 Å². The van der Waals surface area contributed by atoms with E-state index in [4.69, 9.17) is 4.43 Å². The fraction of sp³-hybridized carbons (Fsp3) is 0.867. The van der Waals surface area contributed by atoms with Gasteiger partial charge in [0.25, 0.3) is 0 Å². The Bertz CT molecular complexity index is 367. The fourth-order valence-corrected chi connectivity index (χ4v) is 3.02. The molecule has 0 aliphatic rings. The predicted molar refractivity (Wildman–Crippen MR) is 83.4 cm³/mol. The van der Waals surface area contributed by atoms with Crippen LogP contribution in [0, 0.1) is 5.41 Å². The molecule has 0 aliphatic heterocycles. The van der Waals surface area contributed by atoms with Crippen molar-refractivity contribution in [3.05, 3.63) is 0 Å². The van der Waals surface area contributed by atoms with Crippen molar-refractivity contribution in [2.75, 3.05) is 0 Å². The lowest BCUT2D eigenvalue weighted by atomic mass is 9.81. The van der Waals surface area contributed by atoms with E-state index in [0.717, 1.165) is 0 Å². The number of carboxylic acid groups (broad SMARTS) is 1. The molecule has 0 aromatic heterocycles. The number of rotatable bonds is 7. The van der Waals surface area contributed by atoms with Gasteiger partial charge in [0.2, 0.25) is 0 Å². The first-order chi connectivity index (χ1) is 8.74. The molecule has 0 saturated carbocycles. The van der Waals surface area contributed by atoms with Crippen molar-refractivity contribution in [1.29, 1.82) is 0 Å². The van der Waals surface area contributed by atoms with Gasteiger partial charge in [0.1, 0.15) is 11.9 Å². The molecule has 1 atom stereocenters. The van der Waals surface area contributed by atoms with Crippen LogP contribution in [0.4, 0.5) is 0 Å². The zero-order chi connectivity index (χ0) is 16.4. The Hall–Kier alpha value is -0.683. The molecule has 5 heteroatoms. The summed E-state index contributed by atoms with van der Waals surface area (Å²) in [7, 11) is -2.17. The first-order valence-corrected chi connectivity index (χ1v) is 10.1. The van der Waals surface area contributed by atoms with Gasteiger partial charge in [-0.25, -0.2) is 4.79 Å². The molecular weight excluding hydrogens is 272 g/mol. The van der Waals surface area contributed by atoms with Gasteiger partial charge in [-0.2, -0.15) is 0 Å². The molecule has 0 saturated heterocycles. The number of carbonyl (C=O) groups excluding carboxylic acids is 1. The molecule has 0 radical (unpaired) electrons. The van der Waals surface area contributed by atoms with E-state index >= 15 is 0 Å². The molecule has 0 aromatic carbocycles. The number of ketones is 1. The van der Waals surface area contributed by atoms with Gasteiger partial charge in [-0.3, -0.25) is 4.79 Å². The van der Waals surface area contributed by atoms with Crippen LogP contribution in [0.3, 0.4) is 0 Å². The predicted octanol–water partition coefficient (Wildman–Crippen LogP) is 3.86. The summed E-state index contributed by atoms with van der Waals surface area (Å²) < 4.78 is 5.98. The second-order valence-electron chi connectivity index (χ2n) is 7.57. The van der Waals surface area contributed by atoms with Crippen LogP contribution in [-0.4, -0.2) is 31.3 Å². The van der Waals surface area contributed by atoms with Gasteiger partial charge in [-0.1, -0.05) is 41.5 Å². The molecule has 4 nitrogen and oxygen atoms in total. The van der Waals surface area contributed by atoms with Gasteiger partial charge in [0, 0.05) is 11.8 Å². The third-order valence-corrected chi connectivity index (χ3v) is 8.78. The molecule has 20 heavy (non-hydrogen) atoms. The SMILES string of the molecule is CCC(=O)C(C)(C)CC(O[Si](C)(C)C(C)(C)C)C(=O)O. The number of hydrogen-bond acceptors (Lipinski definition) is 3. The van der Waals surface area contributed by atoms with E-state index in [-0.39, 0.29) is 17.2 Å². The van der Waals surface area contributed by atoms with Gasteiger partial charge >= 0.3 is 5.97 Å². The van der Waals surface area contributed by atoms with E-state index in [1.807, 2.05) is 13.1 Å². The van der Waals surface area contributed by atoms with Crippen molar-refractivity contribution < 1.29 is 19.1 Å².